The lowest BCUT2D eigenvalue weighted by molar-refractivity contribution is 0.103. The summed E-state index contributed by atoms with van der Waals surface area (Å²) in [5.74, 6) is -0.891. The molecule has 0 aliphatic heterocycles. The largest absolute Gasteiger partial charge is 0.379 e. The third-order valence-corrected chi connectivity index (χ3v) is 3.57. The summed E-state index contributed by atoms with van der Waals surface area (Å²) in [6.45, 7) is 0. The highest BCUT2D eigenvalue weighted by atomic mass is 35.5. The number of nitrogens with one attached hydrogen (secondary N) is 1. The molecule has 0 bridgehead atoms. The van der Waals surface area contributed by atoms with Crippen molar-refractivity contribution in [1.82, 2.24) is 0 Å². The summed E-state index contributed by atoms with van der Waals surface area (Å²) in [5.41, 5.74) is 0.450. The quantitative estimate of drug-likeness (QED) is 0.859. The zero-order valence-electron chi connectivity index (χ0n) is 8.96. The molecule has 2 nitrogen and oxygen atoms in total. The Morgan fingerprint density at radius 3 is 2.71 bits per heavy atom. The summed E-state index contributed by atoms with van der Waals surface area (Å²) in [7, 11) is 1.69. The van der Waals surface area contributed by atoms with E-state index in [1.807, 2.05) is 0 Å². The van der Waals surface area contributed by atoms with Crippen molar-refractivity contribution in [2.75, 3.05) is 12.4 Å². The molecule has 0 saturated heterocycles. The van der Waals surface area contributed by atoms with E-state index in [1.54, 1.807) is 25.2 Å². The number of thiophene rings is 1. The first kappa shape index (κ1) is 12.1. The van der Waals surface area contributed by atoms with Crippen molar-refractivity contribution in [1.29, 1.82) is 0 Å². The molecule has 1 N–H and O–H groups in total. The van der Waals surface area contributed by atoms with Crippen LogP contribution < -0.4 is 5.32 Å². The second kappa shape index (κ2) is 4.85. The number of halogens is 2. The first-order valence-corrected chi connectivity index (χ1v) is 6.09. The third-order valence-electron chi connectivity index (χ3n) is 2.29. The van der Waals surface area contributed by atoms with Crippen LogP contribution in [0, 0.1) is 5.82 Å². The van der Waals surface area contributed by atoms with E-state index in [2.05, 4.69) is 5.32 Å². The minimum absolute atomic E-state index is 0.0541. The van der Waals surface area contributed by atoms with Gasteiger partial charge in [-0.2, -0.15) is 0 Å². The highest BCUT2D eigenvalue weighted by Crippen LogP contribution is 2.33. The summed E-state index contributed by atoms with van der Waals surface area (Å²) in [6, 6.07) is 7.45. The van der Waals surface area contributed by atoms with Gasteiger partial charge in [0, 0.05) is 7.05 Å². The van der Waals surface area contributed by atoms with Crippen molar-refractivity contribution in [3.05, 3.63) is 51.6 Å². The van der Waals surface area contributed by atoms with Crippen molar-refractivity contribution < 1.29 is 9.18 Å². The molecule has 0 radical (unpaired) electrons. The van der Waals surface area contributed by atoms with Crippen LogP contribution in [0.4, 0.5) is 9.39 Å². The summed E-state index contributed by atoms with van der Waals surface area (Å²) >= 11 is 7.10. The average molecular weight is 270 g/mol. The molecular weight excluding hydrogens is 261 g/mol. The molecule has 0 amide bonds. The molecule has 2 rings (SSSR count). The Morgan fingerprint density at radius 2 is 2.06 bits per heavy atom. The van der Waals surface area contributed by atoms with Gasteiger partial charge in [-0.25, -0.2) is 4.39 Å². The number of anilines is 1. The van der Waals surface area contributed by atoms with E-state index in [9.17, 15) is 9.18 Å². The SMILES string of the molecule is CNc1sc(Cl)cc1C(=O)c1ccccc1F. The second-order valence-corrected chi connectivity index (χ2v) is 5.04. The lowest BCUT2D eigenvalue weighted by atomic mass is 10.1. The van der Waals surface area contributed by atoms with Crippen LogP contribution in [0.5, 0.6) is 0 Å². The van der Waals surface area contributed by atoms with Gasteiger partial charge in [0.1, 0.15) is 10.8 Å². The Balaban J connectivity index is 2.47. The Hall–Kier alpha value is -1.39. The fraction of sp³-hybridized carbons (Fsp3) is 0.0833. The summed E-state index contributed by atoms with van der Waals surface area (Å²) in [5, 5.41) is 3.52. The van der Waals surface area contributed by atoms with E-state index in [1.165, 1.54) is 23.5 Å². The van der Waals surface area contributed by atoms with Crippen LogP contribution in [0.3, 0.4) is 0 Å². The molecule has 0 atom stereocenters. The van der Waals surface area contributed by atoms with E-state index >= 15 is 0 Å². The van der Waals surface area contributed by atoms with Gasteiger partial charge < -0.3 is 5.32 Å². The predicted octanol–water partition coefficient (Wildman–Crippen LogP) is 3.81. The van der Waals surface area contributed by atoms with Gasteiger partial charge in [0.25, 0.3) is 0 Å². The number of ketones is 1. The first-order valence-electron chi connectivity index (χ1n) is 4.90. The number of benzene rings is 1. The molecule has 5 heteroatoms. The molecule has 0 saturated carbocycles. The Kier molecular flexibility index (Phi) is 3.45. The van der Waals surface area contributed by atoms with Gasteiger partial charge in [-0.3, -0.25) is 4.79 Å². The Labute approximate surface area is 107 Å². The number of rotatable bonds is 3. The maximum atomic E-state index is 13.5. The molecule has 1 heterocycles. The van der Waals surface area contributed by atoms with Crippen LogP contribution in [0.25, 0.3) is 0 Å². The summed E-state index contributed by atoms with van der Waals surface area (Å²) < 4.78 is 14.0. The van der Waals surface area contributed by atoms with Gasteiger partial charge in [0.05, 0.1) is 15.5 Å². The van der Waals surface area contributed by atoms with Gasteiger partial charge in [0.2, 0.25) is 0 Å². The molecule has 0 unspecified atom stereocenters. The van der Waals surface area contributed by atoms with Gasteiger partial charge in [-0.15, -0.1) is 11.3 Å². The van der Waals surface area contributed by atoms with E-state index in [0.29, 0.717) is 14.9 Å². The minimum Gasteiger partial charge on any atom is -0.379 e. The average Bonchev–Trinajstić information content (AvgIpc) is 2.70. The number of carbonyl (C=O) groups is 1. The zero-order chi connectivity index (χ0) is 12.4. The summed E-state index contributed by atoms with van der Waals surface area (Å²) in [6.07, 6.45) is 0. The lowest BCUT2D eigenvalue weighted by Crippen LogP contribution is -2.05. The molecule has 0 aliphatic carbocycles. The van der Waals surface area contributed by atoms with Crippen LogP contribution in [0.2, 0.25) is 4.34 Å². The molecule has 88 valence electrons. The van der Waals surface area contributed by atoms with Crippen molar-refractivity contribution in [2.24, 2.45) is 0 Å². The smallest absolute Gasteiger partial charge is 0.198 e. The van der Waals surface area contributed by atoms with Gasteiger partial charge in [-0.1, -0.05) is 23.7 Å². The van der Waals surface area contributed by atoms with Crippen LogP contribution in [0.1, 0.15) is 15.9 Å². The molecular formula is C12H9ClFNOS. The maximum Gasteiger partial charge on any atom is 0.198 e. The van der Waals surface area contributed by atoms with Crippen molar-refractivity contribution in [3.8, 4) is 0 Å². The fourth-order valence-corrected chi connectivity index (χ4v) is 2.58. The standard InChI is InChI=1S/C12H9ClFNOS/c1-15-12-8(6-10(13)17-12)11(16)7-4-2-3-5-9(7)14/h2-6,15H,1H3. The zero-order valence-corrected chi connectivity index (χ0v) is 10.5. The molecule has 0 spiro atoms. The molecule has 0 aliphatic rings. The monoisotopic (exact) mass is 269 g/mol. The lowest BCUT2D eigenvalue weighted by Gasteiger charge is -2.03. The molecule has 1 aromatic carbocycles. The van der Waals surface area contributed by atoms with Gasteiger partial charge in [-0.05, 0) is 18.2 Å². The number of hydrogen-bond donors (Lipinski definition) is 1. The van der Waals surface area contributed by atoms with E-state index in [4.69, 9.17) is 11.6 Å². The first-order chi connectivity index (χ1) is 8.13. The second-order valence-electron chi connectivity index (χ2n) is 3.35. The maximum absolute atomic E-state index is 13.5. The predicted molar refractivity (Wildman–Crippen MR) is 68.7 cm³/mol. The summed E-state index contributed by atoms with van der Waals surface area (Å²) in [4.78, 5) is 12.1. The molecule has 2 aromatic rings. The van der Waals surface area contributed by atoms with Crippen LogP contribution in [-0.2, 0) is 0 Å². The normalized spacial score (nSPS) is 10.3. The highest BCUT2D eigenvalue weighted by molar-refractivity contribution is 7.20. The Bertz CT molecular complexity index is 567. The van der Waals surface area contributed by atoms with Crippen molar-refractivity contribution in [3.63, 3.8) is 0 Å². The Morgan fingerprint density at radius 1 is 1.35 bits per heavy atom. The van der Waals surface area contributed by atoms with Crippen LogP contribution >= 0.6 is 22.9 Å². The third kappa shape index (κ3) is 2.33. The topological polar surface area (TPSA) is 29.1 Å². The van der Waals surface area contributed by atoms with Crippen molar-refractivity contribution in [2.45, 2.75) is 0 Å². The number of hydrogen-bond acceptors (Lipinski definition) is 3. The van der Waals surface area contributed by atoms with Crippen LogP contribution in [-0.4, -0.2) is 12.8 Å². The fourth-order valence-electron chi connectivity index (χ4n) is 1.51. The highest BCUT2D eigenvalue weighted by Gasteiger charge is 2.19. The van der Waals surface area contributed by atoms with Gasteiger partial charge in [0.15, 0.2) is 5.78 Å². The molecule has 17 heavy (non-hydrogen) atoms. The van der Waals surface area contributed by atoms with Crippen molar-refractivity contribution >= 4 is 33.7 Å². The van der Waals surface area contributed by atoms with E-state index in [-0.39, 0.29) is 11.3 Å². The molecule has 0 fully saturated rings. The minimum atomic E-state index is -0.526. The van der Waals surface area contributed by atoms with E-state index in [0.717, 1.165) is 0 Å². The molecule has 1 aromatic heterocycles. The number of carbonyl (C=O) groups excluding carboxylic acids is 1. The van der Waals surface area contributed by atoms with Gasteiger partial charge >= 0.3 is 0 Å². The van der Waals surface area contributed by atoms with E-state index < -0.39 is 5.82 Å². The van der Waals surface area contributed by atoms with Crippen LogP contribution in [0.15, 0.2) is 30.3 Å².